The van der Waals surface area contributed by atoms with Crippen molar-refractivity contribution in [2.24, 2.45) is 0 Å². The molecular formula is C8H13NOS. The van der Waals surface area contributed by atoms with E-state index in [2.05, 4.69) is 18.8 Å². The molecule has 0 aliphatic rings. The Hall–Kier alpha value is -0.410. The zero-order valence-electron chi connectivity index (χ0n) is 7.18. The highest BCUT2D eigenvalue weighted by molar-refractivity contribution is 7.11. The molecule has 2 nitrogen and oxygen atoms in total. The number of ether oxygens (including phenoxy) is 1. The van der Waals surface area contributed by atoms with Gasteiger partial charge < -0.3 is 4.74 Å². The fourth-order valence-electron chi connectivity index (χ4n) is 1.00. The fraction of sp³-hybridized carbons (Fsp3) is 0.625. The highest BCUT2D eigenvalue weighted by atomic mass is 32.1. The smallest absolute Gasteiger partial charge is 0.119 e. The third kappa shape index (κ3) is 2.01. The first kappa shape index (κ1) is 8.68. The van der Waals surface area contributed by atoms with E-state index in [1.807, 2.05) is 0 Å². The summed E-state index contributed by atoms with van der Waals surface area (Å²) in [6.07, 6.45) is 1.02. The lowest BCUT2D eigenvalue weighted by Crippen LogP contribution is -1.87. The molecule has 0 aromatic carbocycles. The zero-order chi connectivity index (χ0) is 8.27. The Labute approximate surface area is 71.2 Å². The van der Waals surface area contributed by atoms with Crippen LogP contribution in [0.15, 0.2) is 0 Å². The number of hydrogen-bond donors (Lipinski definition) is 0. The van der Waals surface area contributed by atoms with Crippen LogP contribution in [0.2, 0.25) is 0 Å². The van der Waals surface area contributed by atoms with Crippen molar-refractivity contribution in [2.45, 2.75) is 26.9 Å². The second-order valence-electron chi connectivity index (χ2n) is 2.40. The van der Waals surface area contributed by atoms with Crippen LogP contribution < -0.4 is 0 Å². The maximum atomic E-state index is 4.99. The maximum Gasteiger partial charge on any atom is 0.119 e. The van der Waals surface area contributed by atoms with Gasteiger partial charge in [-0.15, -0.1) is 11.3 Å². The van der Waals surface area contributed by atoms with Gasteiger partial charge in [0.05, 0.1) is 12.3 Å². The van der Waals surface area contributed by atoms with Crippen LogP contribution in [0.3, 0.4) is 0 Å². The molecule has 3 heteroatoms. The number of rotatable bonds is 3. The van der Waals surface area contributed by atoms with Crippen molar-refractivity contribution in [3.63, 3.8) is 0 Å². The van der Waals surface area contributed by atoms with Gasteiger partial charge in [0.2, 0.25) is 0 Å². The van der Waals surface area contributed by atoms with Gasteiger partial charge in [-0.05, 0) is 13.3 Å². The summed E-state index contributed by atoms with van der Waals surface area (Å²) in [5.74, 6) is 0. The van der Waals surface area contributed by atoms with Crippen molar-refractivity contribution in [2.75, 3.05) is 7.11 Å². The summed E-state index contributed by atoms with van der Waals surface area (Å²) in [5, 5.41) is 1.09. The van der Waals surface area contributed by atoms with Crippen LogP contribution in [0, 0.1) is 6.92 Å². The van der Waals surface area contributed by atoms with Gasteiger partial charge in [0.1, 0.15) is 5.01 Å². The summed E-state index contributed by atoms with van der Waals surface area (Å²) < 4.78 is 4.99. The Kier molecular flexibility index (Phi) is 3.02. The second kappa shape index (κ2) is 3.83. The predicted molar refractivity (Wildman–Crippen MR) is 46.9 cm³/mol. The van der Waals surface area contributed by atoms with Gasteiger partial charge in [-0.2, -0.15) is 0 Å². The fourth-order valence-corrected chi connectivity index (χ4v) is 1.99. The van der Waals surface area contributed by atoms with Gasteiger partial charge in [-0.3, -0.25) is 0 Å². The first-order valence-corrected chi connectivity index (χ1v) is 4.53. The molecule has 0 aliphatic carbocycles. The van der Waals surface area contributed by atoms with E-state index in [1.54, 1.807) is 18.4 Å². The topological polar surface area (TPSA) is 22.1 Å². The molecule has 0 N–H and O–H groups in total. The molecule has 1 heterocycles. The molecule has 11 heavy (non-hydrogen) atoms. The highest BCUT2D eigenvalue weighted by Gasteiger charge is 2.04. The molecule has 0 saturated heterocycles. The van der Waals surface area contributed by atoms with E-state index in [0.29, 0.717) is 6.61 Å². The number of hydrogen-bond acceptors (Lipinski definition) is 3. The van der Waals surface area contributed by atoms with Crippen LogP contribution in [0.5, 0.6) is 0 Å². The van der Waals surface area contributed by atoms with E-state index in [-0.39, 0.29) is 0 Å². The lowest BCUT2D eigenvalue weighted by Gasteiger charge is -1.89. The van der Waals surface area contributed by atoms with Gasteiger partial charge in [0.25, 0.3) is 0 Å². The Morgan fingerprint density at radius 2 is 2.27 bits per heavy atom. The van der Waals surface area contributed by atoms with Crippen molar-refractivity contribution in [3.05, 3.63) is 15.6 Å². The van der Waals surface area contributed by atoms with Crippen LogP contribution in [0.25, 0.3) is 0 Å². The molecule has 0 saturated carbocycles. The maximum absolute atomic E-state index is 4.99. The van der Waals surface area contributed by atoms with E-state index in [4.69, 9.17) is 4.74 Å². The molecule has 1 aromatic rings. The summed E-state index contributed by atoms with van der Waals surface area (Å²) in [6, 6.07) is 0. The van der Waals surface area contributed by atoms with Crippen LogP contribution in [-0.4, -0.2) is 12.1 Å². The van der Waals surface area contributed by atoms with Crippen molar-refractivity contribution in [1.82, 2.24) is 4.98 Å². The average molecular weight is 171 g/mol. The van der Waals surface area contributed by atoms with Crippen molar-refractivity contribution in [3.8, 4) is 0 Å². The summed E-state index contributed by atoms with van der Waals surface area (Å²) in [6.45, 7) is 4.87. The number of aromatic nitrogens is 1. The minimum atomic E-state index is 0.644. The van der Waals surface area contributed by atoms with E-state index in [1.165, 1.54) is 10.6 Å². The summed E-state index contributed by atoms with van der Waals surface area (Å²) >= 11 is 1.73. The second-order valence-corrected chi connectivity index (χ2v) is 3.68. The first-order valence-electron chi connectivity index (χ1n) is 3.72. The molecule has 0 atom stereocenters. The molecule has 0 amide bonds. The van der Waals surface area contributed by atoms with Gasteiger partial charge >= 0.3 is 0 Å². The summed E-state index contributed by atoms with van der Waals surface area (Å²) in [5.41, 5.74) is 1.21. The third-order valence-electron chi connectivity index (χ3n) is 1.54. The largest absolute Gasteiger partial charge is 0.378 e. The monoisotopic (exact) mass is 171 g/mol. The Morgan fingerprint density at radius 1 is 1.55 bits per heavy atom. The number of thiazole rings is 1. The van der Waals surface area contributed by atoms with Crippen LogP contribution in [0.4, 0.5) is 0 Å². The lowest BCUT2D eigenvalue weighted by atomic mass is 10.3. The zero-order valence-corrected chi connectivity index (χ0v) is 7.99. The third-order valence-corrected chi connectivity index (χ3v) is 2.53. The molecule has 0 bridgehead atoms. The SMILES string of the molecule is CCc1nc(COC)sc1C. The standard InChI is InChI=1S/C8H13NOS/c1-4-7-6(2)11-8(9-7)5-10-3/h4-5H2,1-3H3. The van der Waals surface area contributed by atoms with Crippen molar-refractivity contribution < 1.29 is 4.74 Å². The Balaban J connectivity index is 2.77. The van der Waals surface area contributed by atoms with E-state index in [9.17, 15) is 0 Å². The molecule has 0 radical (unpaired) electrons. The molecule has 62 valence electrons. The van der Waals surface area contributed by atoms with E-state index >= 15 is 0 Å². The van der Waals surface area contributed by atoms with E-state index in [0.717, 1.165) is 11.4 Å². The number of aryl methyl sites for hydroxylation is 2. The predicted octanol–water partition coefficient (Wildman–Crippen LogP) is 2.16. The first-order chi connectivity index (χ1) is 5.27. The molecule has 1 aromatic heterocycles. The van der Waals surface area contributed by atoms with Crippen LogP contribution >= 0.6 is 11.3 Å². The molecule has 0 fully saturated rings. The van der Waals surface area contributed by atoms with Gasteiger partial charge in [0, 0.05) is 12.0 Å². The quantitative estimate of drug-likeness (QED) is 0.695. The minimum absolute atomic E-state index is 0.644. The molecule has 1 rings (SSSR count). The van der Waals surface area contributed by atoms with Crippen LogP contribution in [0.1, 0.15) is 22.5 Å². The molecule has 0 unspecified atom stereocenters. The lowest BCUT2D eigenvalue weighted by molar-refractivity contribution is 0.184. The minimum Gasteiger partial charge on any atom is -0.378 e. The molecular weight excluding hydrogens is 158 g/mol. The van der Waals surface area contributed by atoms with Gasteiger partial charge in [-0.25, -0.2) is 4.98 Å². The summed E-state index contributed by atoms with van der Waals surface area (Å²) in [4.78, 5) is 5.73. The normalized spacial score (nSPS) is 10.5. The molecule has 0 aliphatic heterocycles. The number of methoxy groups -OCH3 is 1. The molecule has 0 spiro atoms. The Morgan fingerprint density at radius 3 is 2.73 bits per heavy atom. The van der Waals surface area contributed by atoms with Crippen molar-refractivity contribution in [1.29, 1.82) is 0 Å². The van der Waals surface area contributed by atoms with Crippen LogP contribution in [-0.2, 0) is 17.8 Å². The average Bonchev–Trinajstić information content (AvgIpc) is 2.32. The Bertz CT molecular complexity index is 232. The van der Waals surface area contributed by atoms with Gasteiger partial charge in [-0.1, -0.05) is 6.92 Å². The van der Waals surface area contributed by atoms with Gasteiger partial charge in [0.15, 0.2) is 0 Å². The highest BCUT2D eigenvalue weighted by Crippen LogP contribution is 2.17. The summed E-state index contributed by atoms with van der Waals surface area (Å²) in [7, 11) is 1.70. The van der Waals surface area contributed by atoms with Crippen molar-refractivity contribution >= 4 is 11.3 Å². The van der Waals surface area contributed by atoms with E-state index < -0.39 is 0 Å². The number of nitrogens with zero attached hydrogens (tertiary/aromatic N) is 1.